The van der Waals surface area contributed by atoms with Crippen molar-refractivity contribution in [2.45, 2.75) is 19.4 Å². The summed E-state index contributed by atoms with van der Waals surface area (Å²) in [6.07, 6.45) is 2.08. The Morgan fingerprint density at radius 3 is 3.00 bits per heavy atom. The normalized spacial score (nSPS) is 19.1. The second-order valence-electron chi connectivity index (χ2n) is 4.41. The number of rotatable bonds is 3. The van der Waals surface area contributed by atoms with Gasteiger partial charge in [0.2, 0.25) is 5.91 Å². The predicted octanol–water partition coefficient (Wildman–Crippen LogP) is -0.522. The molecule has 1 unspecified atom stereocenters. The number of hydrogen-bond donors (Lipinski definition) is 3. The molecule has 0 radical (unpaired) electrons. The smallest absolute Gasteiger partial charge is 0.252 e. The van der Waals surface area contributed by atoms with E-state index < -0.39 is 5.91 Å². The summed E-state index contributed by atoms with van der Waals surface area (Å²) in [5.41, 5.74) is 11.6. The van der Waals surface area contributed by atoms with Gasteiger partial charge in [-0.05, 0) is 12.5 Å². The fraction of sp³-hybridized carbons (Fsp3) is 0.417. The van der Waals surface area contributed by atoms with E-state index in [2.05, 4.69) is 10.3 Å². The largest absolute Gasteiger partial charge is 0.397 e. The number of pyridine rings is 1. The molecule has 1 saturated heterocycles. The van der Waals surface area contributed by atoms with Crippen molar-refractivity contribution in [3.63, 3.8) is 0 Å². The minimum atomic E-state index is -0.601. The number of nitrogens with zero attached hydrogens (tertiary/aromatic N) is 2. The van der Waals surface area contributed by atoms with Crippen LogP contribution < -0.4 is 21.7 Å². The number of carbonyl (C=O) groups is 2. The van der Waals surface area contributed by atoms with Gasteiger partial charge in [0.05, 0.1) is 17.4 Å². The molecule has 2 rings (SSSR count). The zero-order valence-electron chi connectivity index (χ0n) is 10.7. The van der Waals surface area contributed by atoms with Crippen LogP contribution in [0, 0.1) is 0 Å². The topological polar surface area (TPSA) is 114 Å². The maximum Gasteiger partial charge on any atom is 0.252 e. The number of carbonyl (C=O) groups excluding carboxylic acids is 2. The van der Waals surface area contributed by atoms with Crippen LogP contribution in [0.2, 0.25) is 0 Å². The lowest BCUT2D eigenvalue weighted by Crippen LogP contribution is -2.55. The molecule has 5 N–H and O–H groups in total. The minimum Gasteiger partial charge on any atom is -0.397 e. The first-order valence-corrected chi connectivity index (χ1v) is 6.14. The molecular formula is C12H17N5O2. The molecule has 19 heavy (non-hydrogen) atoms. The highest BCUT2D eigenvalue weighted by atomic mass is 16.2. The first-order chi connectivity index (χ1) is 9.04. The van der Waals surface area contributed by atoms with E-state index in [0.717, 1.165) is 0 Å². The van der Waals surface area contributed by atoms with Crippen molar-refractivity contribution in [1.29, 1.82) is 0 Å². The SMILES string of the molecule is CCC1C(=O)NCCN1c1ncc(N)cc1C(N)=O. The molecule has 102 valence electrons. The molecule has 2 amide bonds. The number of nitrogen functional groups attached to an aromatic ring is 1. The Labute approximate surface area is 111 Å². The summed E-state index contributed by atoms with van der Waals surface area (Å²) in [7, 11) is 0. The minimum absolute atomic E-state index is 0.0669. The van der Waals surface area contributed by atoms with E-state index in [1.807, 2.05) is 6.92 Å². The Hall–Kier alpha value is -2.31. The third kappa shape index (κ3) is 2.44. The standard InChI is InChI=1S/C12H17N5O2/c1-2-9-12(19)15-3-4-17(9)11-8(10(14)18)5-7(13)6-16-11/h5-6,9H,2-4,13H2,1H3,(H2,14,18)(H,15,19). The van der Waals surface area contributed by atoms with Gasteiger partial charge in [0.1, 0.15) is 11.9 Å². The number of hydrogen-bond acceptors (Lipinski definition) is 5. The Morgan fingerprint density at radius 2 is 2.37 bits per heavy atom. The molecule has 7 nitrogen and oxygen atoms in total. The molecule has 2 heterocycles. The zero-order valence-corrected chi connectivity index (χ0v) is 10.7. The lowest BCUT2D eigenvalue weighted by atomic mass is 10.1. The van der Waals surface area contributed by atoms with Gasteiger partial charge in [0, 0.05) is 13.1 Å². The highest BCUT2D eigenvalue weighted by molar-refractivity contribution is 5.99. The molecule has 1 atom stereocenters. The molecule has 1 aromatic rings. The van der Waals surface area contributed by atoms with Crippen molar-refractivity contribution in [3.05, 3.63) is 17.8 Å². The molecule has 0 bridgehead atoms. The Balaban J connectivity index is 2.45. The molecule has 1 fully saturated rings. The van der Waals surface area contributed by atoms with E-state index in [1.165, 1.54) is 12.3 Å². The van der Waals surface area contributed by atoms with E-state index in [9.17, 15) is 9.59 Å². The summed E-state index contributed by atoms with van der Waals surface area (Å²) in [6.45, 7) is 3.00. The highest BCUT2D eigenvalue weighted by Crippen LogP contribution is 2.23. The van der Waals surface area contributed by atoms with Gasteiger partial charge >= 0.3 is 0 Å². The van der Waals surface area contributed by atoms with Crippen LogP contribution in [0.25, 0.3) is 0 Å². The van der Waals surface area contributed by atoms with Gasteiger partial charge < -0.3 is 21.7 Å². The van der Waals surface area contributed by atoms with E-state index >= 15 is 0 Å². The maximum atomic E-state index is 11.8. The van der Waals surface area contributed by atoms with Gasteiger partial charge in [0.15, 0.2) is 0 Å². The molecule has 1 aromatic heterocycles. The molecule has 7 heteroatoms. The molecule has 1 aliphatic rings. The van der Waals surface area contributed by atoms with E-state index in [4.69, 9.17) is 11.5 Å². The van der Waals surface area contributed by atoms with Crippen molar-refractivity contribution in [1.82, 2.24) is 10.3 Å². The highest BCUT2D eigenvalue weighted by Gasteiger charge is 2.31. The number of piperazine rings is 1. The van der Waals surface area contributed by atoms with Gasteiger partial charge in [-0.25, -0.2) is 4.98 Å². The molecule has 0 aromatic carbocycles. The summed E-state index contributed by atoms with van der Waals surface area (Å²) in [4.78, 5) is 29.3. The third-order valence-corrected chi connectivity index (χ3v) is 3.14. The predicted molar refractivity (Wildman–Crippen MR) is 71.6 cm³/mol. The zero-order chi connectivity index (χ0) is 14.0. The number of anilines is 2. The van der Waals surface area contributed by atoms with Crippen LogP contribution >= 0.6 is 0 Å². The number of aromatic nitrogens is 1. The quantitative estimate of drug-likeness (QED) is 0.678. The average Bonchev–Trinajstić information content (AvgIpc) is 2.38. The first kappa shape index (κ1) is 13.1. The van der Waals surface area contributed by atoms with E-state index in [0.29, 0.717) is 31.0 Å². The summed E-state index contributed by atoms with van der Waals surface area (Å²) in [5.74, 6) is -0.248. The Kier molecular flexibility index (Phi) is 3.55. The summed E-state index contributed by atoms with van der Waals surface area (Å²) in [5, 5.41) is 2.79. The van der Waals surface area contributed by atoms with E-state index in [-0.39, 0.29) is 17.5 Å². The van der Waals surface area contributed by atoms with Crippen LogP contribution in [-0.2, 0) is 4.79 Å². The van der Waals surface area contributed by atoms with Gasteiger partial charge in [-0.3, -0.25) is 9.59 Å². The fourth-order valence-corrected chi connectivity index (χ4v) is 2.26. The molecule has 1 aliphatic heterocycles. The number of primary amides is 1. The first-order valence-electron chi connectivity index (χ1n) is 6.14. The number of nitrogens with two attached hydrogens (primary N) is 2. The lowest BCUT2D eigenvalue weighted by molar-refractivity contribution is -0.123. The second kappa shape index (κ2) is 5.13. The van der Waals surface area contributed by atoms with Gasteiger partial charge in [0.25, 0.3) is 5.91 Å². The van der Waals surface area contributed by atoms with Crippen LogP contribution in [0.15, 0.2) is 12.3 Å². The van der Waals surface area contributed by atoms with Crippen molar-refractivity contribution in [3.8, 4) is 0 Å². The summed E-state index contributed by atoms with van der Waals surface area (Å²) in [6, 6.07) is 1.15. The third-order valence-electron chi connectivity index (χ3n) is 3.14. The van der Waals surface area contributed by atoms with Crippen molar-refractivity contribution in [2.75, 3.05) is 23.7 Å². The Morgan fingerprint density at radius 1 is 1.63 bits per heavy atom. The number of nitrogens with one attached hydrogen (secondary N) is 1. The fourth-order valence-electron chi connectivity index (χ4n) is 2.26. The van der Waals surface area contributed by atoms with Gasteiger partial charge in [-0.1, -0.05) is 6.92 Å². The van der Waals surface area contributed by atoms with Gasteiger partial charge in [-0.2, -0.15) is 0 Å². The van der Waals surface area contributed by atoms with Gasteiger partial charge in [-0.15, -0.1) is 0 Å². The van der Waals surface area contributed by atoms with Crippen LogP contribution in [0.1, 0.15) is 23.7 Å². The maximum absolute atomic E-state index is 11.8. The number of amides is 2. The second-order valence-corrected chi connectivity index (χ2v) is 4.41. The molecular weight excluding hydrogens is 246 g/mol. The summed E-state index contributed by atoms with van der Waals surface area (Å²) >= 11 is 0. The van der Waals surface area contributed by atoms with E-state index in [1.54, 1.807) is 4.90 Å². The Bertz CT molecular complexity index is 517. The van der Waals surface area contributed by atoms with Crippen LogP contribution in [-0.4, -0.2) is 35.9 Å². The summed E-state index contributed by atoms with van der Waals surface area (Å²) < 4.78 is 0. The van der Waals surface area contributed by atoms with Crippen molar-refractivity contribution in [2.24, 2.45) is 5.73 Å². The average molecular weight is 263 g/mol. The van der Waals surface area contributed by atoms with Crippen molar-refractivity contribution >= 4 is 23.3 Å². The van der Waals surface area contributed by atoms with Crippen LogP contribution in [0.5, 0.6) is 0 Å². The molecule has 0 spiro atoms. The van der Waals surface area contributed by atoms with Crippen LogP contribution in [0.3, 0.4) is 0 Å². The molecule has 0 aliphatic carbocycles. The monoisotopic (exact) mass is 263 g/mol. The molecule has 0 saturated carbocycles. The van der Waals surface area contributed by atoms with Crippen LogP contribution in [0.4, 0.5) is 11.5 Å². The van der Waals surface area contributed by atoms with Crippen molar-refractivity contribution < 1.29 is 9.59 Å². The lowest BCUT2D eigenvalue weighted by Gasteiger charge is -2.36.